The molecule has 0 bridgehead atoms. The Kier molecular flexibility index (Phi) is 5.69. The summed E-state index contributed by atoms with van der Waals surface area (Å²) in [5, 5.41) is 2.85. The molecule has 1 amide bonds. The Morgan fingerprint density at radius 1 is 1.13 bits per heavy atom. The van der Waals surface area contributed by atoms with Gasteiger partial charge in [0.1, 0.15) is 12.4 Å². The molecule has 0 saturated carbocycles. The summed E-state index contributed by atoms with van der Waals surface area (Å²) in [6.07, 6.45) is -3.01. The molecule has 3 aromatic rings. The highest BCUT2D eigenvalue weighted by molar-refractivity contribution is 5.68. The number of H-pyrrole nitrogens is 1. The third kappa shape index (κ3) is 5.05. The van der Waals surface area contributed by atoms with E-state index >= 15 is 0 Å². The van der Waals surface area contributed by atoms with E-state index in [0.717, 1.165) is 17.7 Å². The number of hydrogen-bond donors (Lipinski definition) is 2. The standard InChI is InChI=1S/C22H20F3N3O3/c23-22(24,25)17-8-6-16(7-9-17)18-11-26-19(27-18)10-21(13-30-14-21)28-20(29)31-12-15-4-2-1-3-5-15/h1-9,11H,10,12-14H2,(H,26,27)(H,28,29). The van der Waals surface area contributed by atoms with E-state index in [4.69, 9.17) is 9.47 Å². The minimum Gasteiger partial charge on any atom is -0.445 e. The zero-order chi connectivity index (χ0) is 21.9. The van der Waals surface area contributed by atoms with Crippen LogP contribution in [0.5, 0.6) is 0 Å². The van der Waals surface area contributed by atoms with Crippen LogP contribution < -0.4 is 5.32 Å². The van der Waals surface area contributed by atoms with Crippen molar-refractivity contribution >= 4 is 6.09 Å². The van der Waals surface area contributed by atoms with E-state index in [1.54, 1.807) is 6.20 Å². The number of amides is 1. The van der Waals surface area contributed by atoms with Crippen LogP contribution in [0.4, 0.5) is 18.0 Å². The first-order chi connectivity index (χ1) is 14.8. The zero-order valence-electron chi connectivity index (χ0n) is 16.4. The van der Waals surface area contributed by atoms with Crippen LogP contribution in [0.1, 0.15) is 17.0 Å². The molecule has 1 fully saturated rings. The first-order valence-electron chi connectivity index (χ1n) is 9.61. The third-order valence-electron chi connectivity index (χ3n) is 4.99. The van der Waals surface area contributed by atoms with E-state index in [2.05, 4.69) is 15.3 Å². The number of alkyl carbamates (subject to hydrolysis) is 1. The second-order valence-electron chi connectivity index (χ2n) is 7.46. The number of ether oxygens (including phenoxy) is 2. The van der Waals surface area contributed by atoms with Crippen molar-refractivity contribution in [2.75, 3.05) is 13.2 Å². The summed E-state index contributed by atoms with van der Waals surface area (Å²) in [4.78, 5) is 19.7. The van der Waals surface area contributed by atoms with E-state index in [0.29, 0.717) is 36.7 Å². The van der Waals surface area contributed by atoms with Crippen molar-refractivity contribution in [2.24, 2.45) is 0 Å². The molecule has 1 aromatic heterocycles. The quantitative estimate of drug-likeness (QED) is 0.609. The minimum absolute atomic E-state index is 0.155. The number of aromatic nitrogens is 2. The summed E-state index contributed by atoms with van der Waals surface area (Å²) in [7, 11) is 0. The van der Waals surface area contributed by atoms with Crippen molar-refractivity contribution < 1.29 is 27.4 Å². The molecular weight excluding hydrogens is 411 g/mol. The molecule has 0 spiro atoms. The maximum atomic E-state index is 12.7. The summed E-state index contributed by atoms with van der Waals surface area (Å²) in [6, 6.07) is 14.2. The van der Waals surface area contributed by atoms with E-state index in [9.17, 15) is 18.0 Å². The Balaban J connectivity index is 1.37. The molecule has 0 atom stereocenters. The number of halogens is 3. The predicted molar refractivity (Wildman–Crippen MR) is 106 cm³/mol. The van der Waals surface area contributed by atoms with Crippen molar-refractivity contribution in [1.29, 1.82) is 0 Å². The topological polar surface area (TPSA) is 76.2 Å². The maximum Gasteiger partial charge on any atom is 0.416 e. The van der Waals surface area contributed by atoms with Crippen molar-refractivity contribution in [3.63, 3.8) is 0 Å². The van der Waals surface area contributed by atoms with Gasteiger partial charge in [-0.1, -0.05) is 42.5 Å². The average Bonchev–Trinajstić information content (AvgIpc) is 3.19. The second-order valence-corrected chi connectivity index (χ2v) is 7.46. The lowest BCUT2D eigenvalue weighted by Gasteiger charge is -2.41. The molecule has 31 heavy (non-hydrogen) atoms. The normalized spacial score (nSPS) is 15.2. The number of rotatable bonds is 6. The minimum atomic E-state index is -4.38. The lowest BCUT2D eigenvalue weighted by Crippen LogP contribution is -2.63. The molecule has 1 aliphatic heterocycles. The molecule has 0 aliphatic carbocycles. The van der Waals surface area contributed by atoms with Crippen LogP contribution in [-0.4, -0.2) is 34.8 Å². The average molecular weight is 431 g/mol. The molecule has 6 nitrogen and oxygen atoms in total. The van der Waals surface area contributed by atoms with Crippen molar-refractivity contribution in [3.8, 4) is 11.3 Å². The summed E-state index contributed by atoms with van der Waals surface area (Å²) in [5.41, 5.74) is 0.693. The van der Waals surface area contributed by atoms with Crippen molar-refractivity contribution in [2.45, 2.75) is 24.7 Å². The first kappa shape index (κ1) is 20.9. The Bertz CT molecular complexity index is 1030. The van der Waals surface area contributed by atoms with E-state index in [-0.39, 0.29) is 6.61 Å². The molecule has 1 saturated heterocycles. The lowest BCUT2D eigenvalue weighted by molar-refractivity contribution is -0.137. The molecule has 162 valence electrons. The van der Waals surface area contributed by atoms with E-state index < -0.39 is 23.4 Å². The van der Waals surface area contributed by atoms with E-state index in [1.165, 1.54) is 12.1 Å². The Morgan fingerprint density at radius 2 is 1.84 bits per heavy atom. The van der Waals surface area contributed by atoms with E-state index in [1.807, 2.05) is 30.3 Å². The van der Waals surface area contributed by atoms with Gasteiger partial charge in [0.25, 0.3) is 0 Å². The summed E-state index contributed by atoms with van der Waals surface area (Å²) in [6.45, 7) is 0.774. The molecule has 2 N–H and O–H groups in total. The summed E-state index contributed by atoms with van der Waals surface area (Å²) < 4.78 is 48.8. The van der Waals surface area contributed by atoms with Gasteiger partial charge in [-0.15, -0.1) is 0 Å². The van der Waals surface area contributed by atoms with Gasteiger partial charge in [0.05, 0.1) is 36.2 Å². The molecular formula is C22H20F3N3O3. The zero-order valence-corrected chi connectivity index (χ0v) is 16.4. The fraction of sp³-hybridized carbons (Fsp3) is 0.273. The number of carbonyl (C=O) groups is 1. The van der Waals surface area contributed by atoms with Gasteiger partial charge in [-0.3, -0.25) is 0 Å². The van der Waals surface area contributed by atoms with Crippen LogP contribution in [0.3, 0.4) is 0 Å². The highest BCUT2D eigenvalue weighted by Gasteiger charge is 2.41. The molecule has 1 aliphatic rings. The Morgan fingerprint density at radius 3 is 2.45 bits per heavy atom. The summed E-state index contributed by atoms with van der Waals surface area (Å²) >= 11 is 0. The van der Waals surface area contributed by atoms with Gasteiger partial charge in [-0.05, 0) is 23.3 Å². The molecule has 0 radical (unpaired) electrons. The van der Waals surface area contributed by atoms with Crippen molar-refractivity contribution in [1.82, 2.24) is 15.3 Å². The monoisotopic (exact) mass is 431 g/mol. The van der Waals surface area contributed by atoms with Crippen LogP contribution in [0.15, 0.2) is 60.8 Å². The van der Waals surface area contributed by atoms with Gasteiger partial charge < -0.3 is 19.8 Å². The predicted octanol–water partition coefficient (Wildman–Crippen LogP) is 4.33. The van der Waals surface area contributed by atoms with Crippen LogP contribution in [0.2, 0.25) is 0 Å². The second kappa shape index (κ2) is 8.43. The number of alkyl halides is 3. The number of hydrogen-bond acceptors (Lipinski definition) is 4. The van der Waals surface area contributed by atoms with Gasteiger partial charge in [0, 0.05) is 6.42 Å². The van der Waals surface area contributed by atoms with Gasteiger partial charge in [-0.2, -0.15) is 13.2 Å². The van der Waals surface area contributed by atoms with Gasteiger partial charge in [-0.25, -0.2) is 9.78 Å². The highest BCUT2D eigenvalue weighted by atomic mass is 19.4. The molecule has 9 heteroatoms. The van der Waals surface area contributed by atoms with Gasteiger partial charge in [0.15, 0.2) is 0 Å². The van der Waals surface area contributed by atoms with Crippen LogP contribution in [-0.2, 0) is 28.7 Å². The van der Waals surface area contributed by atoms with Crippen LogP contribution >= 0.6 is 0 Å². The number of nitrogens with zero attached hydrogens (tertiary/aromatic N) is 1. The number of carbonyl (C=O) groups excluding carboxylic acids is 1. The highest BCUT2D eigenvalue weighted by Crippen LogP contribution is 2.31. The smallest absolute Gasteiger partial charge is 0.416 e. The van der Waals surface area contributed by atoms with Crippen molar-refractivity contribution in [3.05, 3.63) is 77.7 Å². The fourth-order valence-corrected chi connectivity index (χ4v) is 3.30. The Labute approximate surface area is 176 Å². The number of benzene rings is 2. The Hall–Kier alpha value is -3.33. The maximum absolute atomic E-state index is 12.7. The third-order valence-corrected chi connectivity index (χ3v) is 4.99. The molecule has 2 heterocycles. The number of nitrogens with one attached hydrogen (secondary N) is 2. The summed E-state index contributed by atoms with van der Waals surface area (Å²) in [5.74, 6) is 0.585. The van der Waals surface area contributed by atoms with Crippen LogP contribution in [0.25, 0.3) is 11.3 Å². The SMILES string of the molecule is O=C(NC1(Cc2ncc(-c3ccc(C(F)(F)F)cc3)[nH]2)COC1)OCc1ccccc1. The number of aromatic amines is 1. The fourth-order valence-electron chi connectivity index (χ4n) is 3.30. The van der Waals surface area contributed by atoms with Gasteiger partial charge in [0.2, 0.25) is 0 Å². The van der Waals surface area contributed by atoms with Crippen LogP contribution in [0, 0.1) is 0 Å². The number of imidazole rings is 1. The lowest BCUT2D eigenvalue weighted by atomic mass is 9.93. The first-order valence-corrected chi connectivity index (χ1v) is 9.61. The largest absolute Gasteiger partial charge is 0.445 e. The van der Waals surface area contributed by atoms with Gasteiger partial charge >= 0.3 is 12.3 Å². The molecule has 0 unspecified atom stereocenters. The molecule has 4 rings (SSSR count). The molecule has 2 aromatic carbocycles.